The van der Waals surface area contributed by atoms with Gasteiger partial charge in [-0.1, -0.05) is 5.16 Å². The third-order valence-corrected chi connectivity index (χ3v) is 6.35. The number of carbonyl (C=O) groups excluding carboxylic acids is 2. The summed E-state index contributed by atoms with van der Waals surface area (Å²) in [5, 5.41) is 3.94. The van der Waals surface area contributed by atoms with E-state index in [1.54, 1.807) is 30.2 Å². The summed E-state index contributed by atoms with van der Waals surface area (Å²) in [4.78, 5) is 31.4. The van der Waals surface area contributed by atoms with Crippen molar-refractivity contribution in [1.29, 1.82) is 0 Å². The second-order valence-corrected chi connectivity index (χ2v) is 8.52. The highest BCUT2D eigenvalue weighted by Gasteiger charge is 2.27. The van der Waals surface area contributed by atoms with Crippen LogP contribution in [0.25, 0.3) is 0 Å². The molecule has 0 saturated carbocycles. The molecule has 2 aliphatic rings. The number of morpholine rings is 1. The molecule has 34 heavy (non-hydrogen) atoms. The van der Waals surface area contributed by atoms with Crippen LogP contribution in [0.3, 0.4) is 0 Å². The highest BCUT2D eigenvalue weighted by Crippen LogP contribution is 2.30. The molecule has 0 aliphatic carbocycles. The van der Waals surface area contributed by atoms with Gasteiger partial charge in [-0.3, -0.25) is 14.5 Å². The van der Waals surface area contributed by atoms with Crippen molar-refractivity contribution in [2.75, 3.05) is 66.1 Å². The molecule has 10 heteroatoms. The largest absolute Gasteiger partial charge is 0.493 e. The number of hydrogen-bond donors (Lipinski definition) is 0. The molecule has 0 bridgehead atoms. The van der Waals surface area contributed by atoms with Gasteiger partial charge in [0, 0.05) is 44.8 Å². The predicted molar refractivity (Wildman–Crippen MR) is 123 cm³/mol. The molecule has 2 saturated heterocycles. The third-order valence-electron chi connectivity index (χ3n) is 6.35. The van der Waals surface area contributed by atoms with Crippen LogP contribution in [0.5, 0.6) is 11.5 Å². The maximum Gasteiger partial charge on any atom is 0.254 e. The van der Waals surface area contributed by atoms with Gasteiger partial charge < -0.3 is 28.5 Å². The fraction of sp³-hybridized carbons (Fsp3) is 0.542. The van der Waals surface area contributed by atoms with Crippen molar-refractivity contribution in [2.45, 2.75) is 20.5 Å². The van der Waals surface area contributed by atoms with Crippen molar-refractivity contribution in [3.63, 3.8) is 0 Å². The van der Waals surface area contributed by atoms with E-state index in [0.29, 0.717) is 75.4 Å². The number of ether oxygens (including phenoxy) is 3. The Morgan fingerprint density at radius 2 is 1.71 bits per heavy atom. The first-order valence-electron chi connectivity index (χ1n) is 11.6. The molecule has 2 aliphatic heterocycles. The van der Waals surface area contributed by atoms with E-state index < -0.39 is 0 Å². The monoisotopic (exact) mass is 472 g/mol. The van der Waals surface area contributed by atoms with Gasteiger partial charge in [0.1, 0.15) is 12.4 Å². The Hall–Kier alpha value is -3.11. The molecule has 0 unspecified atom stereocenters. The smallest absolute Gasteiger partial charge is 0.254 e. The average Bonchev–Trinajstić information content (AvgIpc) is 3.19. The lowest BCUT2D eigenvalue weighted by Crippen LogP contribution is -2.53. The molecular formula is C24H32N4O6. The van der Waals surface area contributed by atoms with Crippen LogP contribution in [0.2, 0.25) is 0 Å². The molecule has 0 N–H and O–H groups in total. The molecule has 184 valence electrons. The maximum absolute atomic E-state index is 13.1. The minimum atomic E-state index is -0.0872. The summed E-state index contributed by atoms with van der Waals surface area (Å²) in [6, 6.07) is 5.18. The summed E-state index contributed by atoms with van der Waals surface area (Å²) in [7, 11) is 1.55. The first-order valence-corrected chi connectivity index (χ1v) is 11.6. The summed E-state index contributed by atoms with van der Waals surface area (Å²) in [5.41, 5.74) is 2.20. The summed E-state index contributed by atoms with van der Waals surface area (Å²) < 4.78 is 21.9. The summed E-state index contributed by atoms with van der Waals surface area (Å²) in [5.74, 6) is 1.76. The molecule has 2 amide bonds. The highest BCUT2D eigenvalue weighted by molar-refractivity contribution is 5.95. The zero-order valence-electron chi connectivity index (χ0n) is 20.0. The van der Waals surface area contributed by atoms with Crippen LogP contribution in [0, 0.1) is 13.8 Å². The van der Waals surface area contributed by atoms with Gasteiger partial charge in [-0.25, -0.2) is 0 Å². The van der Waals surface area contributed by atoms with Crippen molar-refractivity contribution in [1.82, 2.24) is 19.9 Å². The van der Waals surface area contributed by atoms with Crippen LogP contribution in [-0.2, 0) is 16.1 Å². The van der Waals surface area contributed by atoms with Crippen LogP contribution in [0.4, 0.5) is 0 Å². The van der Waals surface area contributed by atoms with Crippen LogP contribution in [-0.4, -0.2) is 97.8 Å². The van der Waals surface area contributed by atoms with Gasteiger partial charge >= 0.3 is 0 Å². The van der Waals surface area contributed by atoms with Crippen LogP contribution in [0.15, 0.2) is 22.7 Å². The molecule has 2 fully saturated rings. The Balaban J connectivity index is 1.32. The van der Waals surface area contributed by atoms with E-state index in [-0.39, 0.29) is 11.8 Å². The summed E-state index contributed by atoms with van der Waals surface area (Å²) >= 11 is 0. The first-order chi connectivity index (χ1) is 16.5. The Morgan fingerprint density at radius 3 is 2.35 bits per heavy atom. The van der Waals surface area contributed by atoms with Gasteiger partial charge in [-0.2, -0.15) is 0 Å². The lowest BCUT2D eigenvalue weighted by Gasteiger charge is -2.36. The van der Waals surface area contributed by atoms with Gasteiger partial charge in [0.05, 0.1) is 38.1 Å². The Bertz CT molecular complexity index is 989. The number of piperazine rings is 1. The summed E-state index contributed by atoms with van der Waals surface area (Å²) in [6.07, 6.45) is 0. The maximum atomic E-state index is 13.1. The molecule has 10 nitrogen and oxygen atoms in total. The summed E-state index contributed by atoms with van der Waals surface area (Å²) in [6.45, 7) is 9.38. The lowest BCUT2D eigenvalue weighted by atomic mass is 10.1. The molecule has 3 heterocycles. The molecular weight excluding hydrogens is 440 g/mol. The minimum absolute atomic E-state index is 0.0872. The number of hydrogen-bond acceptors (Lipinski definition) is 8. The molecule has 1 aromatic carbocycles. The topological polar surface area (TPSA) is 97.6 Å². The van der Waals surface area contributed by atoms with Crippen molar-refractivity contribution < 1.29 is 28.3 Å². The molecule has 0 spiro atoms. The number of rotatable bonds is 7. The molecule has 0 radical (unpaired) electrons. The highest BCUT2D eigenvalue weighted by atomic mass is 16.5. The standard InChI is InChI=1S/C24H32N4O6/c1-17-20(18(2)34-25-17)16-33-21-5-4-19(14-22(21)31-3)24(30)28-8-6-27(7-9-28)23(29)15-26-10-12-32-13-11-26/h4-5,14H,6-13,15-16H2,1-3H3. The van der Waals surface area contributed by atoms with E-state index in [1.165, 1.54) is 0 Å². The zero-order chi connectivity index (χ0) is 24.1. The fourth-order valence-electron chi connectivity index (χ4n) is 4.17. The SMILES string of the molecule is COc1cc(C(=O)N2CCN(C(=O)CN3CCOCC3)CC2)ccc1OCc1c(C)noc1C. The third kappa shape index (κ3) is 5.51. The number of methoxy groups -OCH3 is 1. The van der Waals surface area contributed by atoms with Crippen LogP contribution >= 0.6 is 0 Å². The Kier molecular flexibility index (Phi) is 7.69. The van der Waals surface area contributed by atoms with Crippen molar-refractivity contribution in [3.05, 3.63) is 40.8 Å². The number of nitrogens with zero attached hydrogens (tertiary/aromatic N) is 4. The average molecular weight is 473 g/mol. The van der Waals surface area contributed by atoms with Gasteiger partial charge in [0.25, 0.3) is 5.91 Å². The van der Waals surface area contributed by atoms with E-state index >= 15 is 0 Å². The first kappa shape index (κ1) is 24.0. The number of benzene rings is 1. The predicted octanol–water partition coefficient (Wildman–Crippen LogP) is 1.50. The van der Waals surface area contributed by atoms with E-state index in [9.17, 15) is 9.59 Å². The molecule has 0 atom stereocenters. The van der Waals surface area contributed by atoms with E-state index in [2.05, 4.69) is 10.1 Å². The van der Waals surface area contributed by atoms with Crippen molar-refractivity contribution in [3.8, 4) is 11.5 Å². The van der Waals surface area contributed by atoms with E-state index in [1.807, 2.05) is 18.7 Å². The Morgan fingerprint density at radius 1 is 1.00 bits per heavy atom. The number of aromatic nitrogens is 1. The number of amides is 2. The fourth-order valence-corrected chi connectivity index (χ4v) is 4.17. The van der Waals surface area contributed by atoms with Crippen LogP contribution in [0.1, 0.15) is 27.4 Å². The molecule has 4 rings (SSSR count). The molecule has 2 aromatic rings. The normalized spacial score (nSPS) is 17.0. The second kappa shape index (κ2) is 10.9. The van der Waals surface area contributed by atoms with Gasteiger partial charge in [-0.15, -0.1) is 0 Å². The van der Waals surface area contributed by atoms with E-state index in [4.69, 9.17) is 18.7 Å². The lowest BCUT2D eigenvalue weighted by molar-refractivity contribution is -0.134. The van der Waals surface area contributed by atoms with Crippen molar-refractivity contribution in [2.24, 2.45) is 0 Å². The minimum Gasteiger partial charge on any atom is -0.493 e. The molecule has 1 aromatic heterocycles. The number of carbonyl (C=O) groups is 2. The quantitative estimate of drug-likeness (QED) is 0.598. The zero-order valence-corrected chi connectivity index (χ0v) is 20.0. The van der Waals surface area contributed by atoms with Crippen LogP contribution < -0.4 is 9.47 Å². The van der Waals surface area contributed by atoms with Gasteiger partial charge in [-0.05, 0) is 32.0 Å². The van der Waals surface area contributed by atoms with Gasteiger partial charge in [0.2, 0.25) is 5.91 Å². The van der Waals surface area contributed by atoms with Gasteiger partial charge in [0.15, 0.2) is 11.5 Å². The second-order valence-electron chi connectivity index (χ2n) is 8.52. The number of aryl methyl sites for hydroxylation is 2. The van der Waals surface area contributed by atoms with E-state index in [0.717, 1.165) is 24.3 Å². The van der Waals surface area contributed by atoms with Crippen molar-refractivity contribution >= 4 is 11.8 Å². The Labute approximate surface area is 199 Å².